The number of aryl methyl sites for hydroxylation is 1. The monoisotopic (exact) mass is 277 g/mol. The molecule has 0 fully saturated rings. The lowest BCUT2D eigenvalue weighted by Gasteiger charge is -2.10. The van der Waals surface area contributed by atoms with Crippen molar-refractivity contribution in [3.05, 3.63) is 40.8 Å². The Morgan fingerprint density at radius 3 is 2.63 bits per heavy atom. The molecule has 0 aliphatic heterocycles. The van der Waals surface area contributed by atoms with Crippen molar-refractivity contribution in [3.63, 3.8) is 0 Å². The lowest BCUT2D eigenvalue weighted by atomic mass is 10.2. The molecule has 1 aromatic carbocycles. The van der Waals surface area contributed by atoms with Gasteiger partial charge in [-0.2, -0.15) is 4.98 Å². The van der Waals surface area contributed by atoms with Crippen molar-refractivity contribution in [2.24, 2.45) is 0 Å². The lowest BCUT2D eigenvalue weighted by Crippen LogP contribution is -2.01. The Morgan fingerprint density at radius 1 is 1.21 bits per heavy atom. The normalized spacial score (nSPS) is 10.8. The second-order valence-corrected chi connectivity index (χ2v) is 5.06. The van der Waals surface area contributed by atoms with Crippen molar-refractivity contribution in [1.29, 1.82) is 0 Å². The molecule has 100 valence electrons. The number of nitrogen functional groups attached to an aromatic ring is 1. The van der Waals surface area contributed by atoms with Crippen LogP contribution in [0.3, 0.4) is 0 Å². The maximum absolute atomic E-state index is 6.06. The molecule has 2 rings (SSSR count). The highest BCUT2D eigenvalue weighted by Gasteiger charge is 2.09. The maximum atomic E-state index is 6.06. The third-order valence-corrected chi connectivity index (χ3v) is 2.85. The van der Waals surface area contributed by atoms with E-state index in [1.54, 1.807) is 24.3 Å². The van der Waals surface area contributed by atoms with Crippen molar-refractivity contribution in [3.8, 4) is 11.6 Å². The van der Waals surface area contributed by atoms with Crippen LogP contribution in [0.25, 0.3) is 0 Å². The van der Waals surface area contributed by atoms with Gasteiger partial charge in [-0.1, -0.05) is 25.4 Å². The Labute approximate surface area is 117 Å². The van der Waals surface area contributed by atoms with Crippen LogP contribution in [0.2, 0.25) is 5.02 Å². The summed E-state index contributed by atoms with van der Waals surface area (Å²) in [5, 5.41) is 0.497. The van der Waals surface area contributed by atoms with E-state index in [0.717, 1.165) is 11.5 Å². The minimum Gasteiger partial charge on any atom is -0.437 e. The second-order valence-electron chi connectivity index (χ2n) is 4.65. The fraction of sp³-hybridized carbons (Fsp3) is 0.286. The van der Waals surface area contributed by atoms with Crippen LogP contribution in [0.5, 0.6) is 11.6 Å². The average molecular weight is 278 g/mol. The van der Waals surface area contributed by atoms with Crippen LogP contribution >= 0.6 is 11.6 Å². The molecule has 0 aliphatic rings. The number of rotatable bonds is 3. The van der Waals surface area contributed by atoms with E-state index in [2.05, 4.69) is 9.97 Å². The number of halogens is 1. The van der Waals surface area contributed by atoms with E-state index < -0.39 is 0 Å². The molecule has 2 aromatic rings. The SMILES string of the molecule is Cc1cc(Oc2cc(N)ccc2Cl)nc(C(C)C)n1. The first-order valence-corrected chi connectivity index (χ1v) is 6.42. The number of nitrogens with zero attached hydrogens (tertiary/aromatic N) is 2. The molecule has 5 heteroatoms. The largest absolute Gasteiger partial charge is 0.437 e. The van der Waals surface area contributed by atoms with Gasteiger partial charge in [-0.25, -0.2) is 4.98 Å². The highest BCUT2D eigenvalue weighted by atomic mass is 35.5. The van der Waals surface area contributed by atoms with Gasteiger partial charge in [-0.3, -0.25) is 0 Å². The van der Waals surface area contributed by atoms with E-state index in [1.165, 1.54) is 0 Å². The van der Waals surface area contributed by atoms with Crippen molar-refractivity contribution >= 4 is 17.3 Å². The summed E-state index contributed by atoms with van der Waals surface area (Å²) in [5.41, 5.74) is 7.16. The molecule has 1 aromatic heterocycles. The average Bonchev–Trinajstić information content (AvgIpc) is 2.33. The van der Waals surface area contributed by atoms with Crippen LogP contribution in [0, 0.1) is 6.92 Å². The van der Waals surface area contributed by atoms with E-state index in [9.17, 15) is 0 Å². The van der Waals surface area contributed by atoms with E-state index in [0.29, 0.717) is 22.3 Å². The Morgan fingerprint density at radius 2 is 1.95 bits per heavy atom. The third kappa shape index (κ3) is 3.35. The smallest absolute Gasteiger partial charge is 0.222 e. The van der Waals surface area contributed by atoms with E-state index in [4.69, 9.17) is 22.1 Å². The number of nitrogens with two attached hydrogens (primary N) is 1. The first-order valence-electron chi connectivity index (χ1n) is 6.04. The van der Waals surface area contributed by atoms with E-state index in [-0.39, 0.29) is 5.92 Å². The van der Waals surface area contributed by atoms with Crippen molar-refractivity contribution in [2.75, 3.05) is 5.73 Å². The van der Waals surface area contributed by atoms with Crippen LogP contribution in [0.1, 0.15) is 31.3 Å². The summed E-state index contributed by atoms with van der Waals surface area (Å²) in [5.74, 6) is 1.95. The molecule has 0 radical (unpaired) electrons. The summed E-state index contributed by atoms with van der Waals surface area (Å²) in [6.07, 6.45) is 0. The number of hydrogen-bond donors (Lipinski definition) is 1. The minimum absolute atomic E-state index is 0.235. The molecule has 0 spiro atoms. The van der Waals surface area contributed by atoms with Crippen molar-refractivity contribution < 1.29 is 4.74 Å². The van der Waals surface area contributed by atoms with Gasteiger partial charge >= 0.3 is 0 Å². The quantitative estimate of drug-likeness (QED) is 0.863. The van der Waals surface area contributed by atoms with Crippen molar-refractivity contribution in [1.82, 2.24) is 9.97 Å². The van der Waals surface area contributed by atoms with Gasteiger partial charge in [0.2, 0.25) is 5.88 Å². The highest BCUT2D eigenvalue weighted by Crippen LogP contribution is 2.30. The Balaban J connectivity index is 2.35. The summed E-state index contributed by atoms with van der Waals surface area (Å²) in [4.78, 5) is 8.73. The van der Waals surface area contributed by atoms with Crippen LogP contribution in [0.15, 0.2) is 24.3 Å². The zero-order chi connectivity index (χ0) is 14.0. The summed E-state index contributed by atoms with van der Waals surface area (Å²) in [6.45, 7) is 5.97. The Bertz CT molecular complexity index is 599. The molecule has 19 heavy (non-hydrogen) atoms. The number of benzene rings is 1. The molecule has 0 amide bonds. The molecule has 0 saturated carbocycles. The molecule has 1 heterocycles. The molecule has 2 N–H and O–H groups in total. The van der Waals surface area contributed by atoms with Gasteiger partial charge in [-0.05, 0) is 19.1 Å². The molecular formula is C14H16ClN3O. The molecule has 0 unspecified atom stereocenters. The standard InChI is InChI=1S/C14H16ClN3O/c1-8(2)14-17-9(3)6-13(18-14)19-12-7-10(16)4-5-11(12)15/h4-8H,16H2,1-3H3. The zero-order valence-corrected chi connectivity index (χ0v) is 11.9. The highest BCUT2D eigenvalue weighted by molar-refractivity contribution is 6.32. The Kier molecular flexibility index (Phi) is 3.90. The number of ether oxygens (including phenoxy) is 1. The van der Waals surface area contributed by atoms with Gasteiger partial charge in [0.1, 0.15) is 11.6 Å². The topological polar surface area (TPSA) is 61.0 Å². The molecule has 4 nitrogen and oxygen atoms in total. The fourth-order valence-electron chi connectivity index (χ4n) is 1.58. The van der Waals surface area contributed by atoms with E-state index in [1.807, 2.05) is 20.8 Å². The molecule has 0 aliphatic carbocycles. The Hall–Kier alpha value is -1.81. The molecule has 0 saturated heterocycles. The summed E-state index contributed by atoms with van der Waals surface area (Å²) < 4.78 is 5.70. The number of anilines is 1. The van der Waals surface area contributed by atoms with Gasteiger partial charge in [0, 0.05) is 29.4 Å². The predicted molar refractivity (Wildman–Crippen MR) is 76.8 cm³/mol. The lowest BCUT2D eigenvalue weighted by molar-refractivity contribution is 0.456. The van der Waals surface area contributed by atoms with Crippen LogP contribution < -0.4 is 10.5 Å². The van der Waals surface area contributed by atoms with Gasteiger partial charge in [0.25, 0.3) is 0 Å². The first-order chi connectivity index (χ1) is 8.95. The van der Waals surface area contributed by atoms with Gasteiger partial charge in [0.05, 0.1) is 5.02 Å². The van der Waals surface area contributed by atoms with Crippen LogP contribution in [-0.2, 0) is 0 Å². The minimum atomic E-state index is 0.235. The van der Waals surface area contributed by atoms with Crippen LogP contribution in [0.4, 0.5) is 5.69 Å². The molecule has 0 atom stereocenters. The summed E-state index contributed by atoms with van der Waals surface area (Å²) in [6, 6.07) is 6.86. The molecule has 0 bridgehead atoms. The number of aromatic nitrogens is 2. The first kappa shape index (κ1) is 13.6. The van der Waals surface area contributed by atoms with Crippen molar-refractivity contribution in [2.45, 2.75) is 26.7 Å². The van der Waals surface area contributed by atoms with Gasteiger partial charge in [-0.15, -0.1) is 0 Å². The van der Waals surface area contributed by atoms with Gasteiger partial charge in [0.15, 0.2) is 0 Å². The summed E-state index contributed by atoms with van der Waals surface area (Å²) >= 11 is 6.06. The predicted octanol–water partition coefficient (Wildman–Crippen LogP) is 3.94. The van der Waals surface area contributed by atoms with Gasteiger partial charge < -0.3 is 10.5 Å². The fourth-order valence-corrected chi connectivity index (χ4v) is 1.74. The summed E-state index contributed by atoms with van der Waals surface area (Å²) in [7, 11) is 0. The molecular weight excluding hydrogens is 262 g/mol. The third-order valence-electron chi connectivity index (χ3n) is 2.53. The van der Waals surface area contributed by atoms with Crippen LogP contribution in [-0.4, -0.2) is 9.97 Å². The van der Waals surface area contributed by atoms with E-state index >= 15 is 0 Å². The number of hydrogen-bond acceptors (Lipinski definition) is 4. The zero-order valence-electron chi connectivity index (χ0n) is 11.1. The second kappa shape index (κ2) is 5.45. The maximum Gasteiger partial charge on any atom is 0.222 e.